The Balaban J connectivity index is 1.64. The van der Waals surface area contributed by atoms with Crippen LogP contribution in [-0.2, 0) is 0 Å². The number of ether oxygens (including phenoxy) is 1. The van der Waals surface area contributed by atoms with E-state index in [1.54, 1.807) is 7.11 Å². The van der Waals surface area contributed by atoms with Crippen molar-refractivity contribution in [3.05, 3.63) is 41.4 Å². The number of benzene rings is 2. The molecule has 0 saturated carbocycles. The van der Waals surface area contributed by atoms with E-state index in [-0.39, 0.29) is 0 Å². The van der Waals surface area contributed by atoms with Crippen LogP contribution in [0.2, 0.25) is 5.02 Å². The van der Waals surface area contributed by atoms with Gasteiger partial charge in [-0.25, -0.2) is 4.98 Å². The molecule has 2 atom stereocenters. The Morgan fingerprint density at radius 1 is 1.00 bits per heavy atom. The van der Waals surface area contributed by atoms with Crippen molar-refractivity contribution in [2.75, 3.05) is 25.5 Å². The molecule has 3 aromatic rings. The van der Waals surface area contributed by atoms with Gasteiger partial charge in [0.25, 0.3) is 0 Å². The molecule has 5 heteroatoms. The van der Waals surface area contributed by atoms with E-state index in [1.807, 2.05) is 24.3 Å². The first-order valence-electron chi connectivity index (χ1n) is 10.3. The van der Waals surface area contributed by atoms with Crippen molar-refractivity contribution in [3.63, 3.8) is 0 Å². The van der Waals surface area contributed by atoms with Gasteiger partial charge in [0.15, 0.2) is 0 Å². The standard InChI is InChI=1S/C23H26ClN3O/c1-28-16-8-10-19-18(14-16)23(17-9-7-15(24)13-21(17)25-19)26-20-5-4-12-27-11-3-2-6-22(20)27/h7-10,13-14,20,22H,2-6,11-12H2,1H3,(H,25,26)/t20-,22-/m1/s1. The maximum Gasteiger partial charge on any atom is 0.119 e. The van der Waals surface area contributed by atoms with Crippen LogP contribution >= 0.6 is 11.6 Å². The third-order valence-electron chi connectivity index (χ3n) is 6.36. The lowest BCUT2D eigenvalue weighted by Gasteiger charge is -2.45. The van der Waals surface area contributed by atoms with Crippen LogP contribution in [0.3, 0.4) is 0 Å². The van der Waals surface area contributed by atoms with Crippen LogP contribution in [0.25, 0.3) is 21.8 Å². The van der Waals surface area contributed by atoms with E-state index in [0.29, 0.717) is 12.1 Å². The molecule has 28 heavy (non-hydrogen) atoms. The molecule has 2 fully saturated rings. The van der Waals surface area contributed by atoms with Crippen molar-refractivity contribution < 1.29 is 4.74 Å². The van der Waals surface area contributed by atoms with Gasteiger partial charge in [0.1, 0.15) is 5.75 Å². The molecule has 2 saturated heterocycles. The van der Waals surface area contributed by atoms with E-state index < -0.39 is 0 Å². The smallest absolute Gasteiger partial charge is 0.119 e. The van der Waals surface area contributed by atoms with Gasteiger partial charge in [0, 0.05) is 27.9 Å². The minimum absolute atomic E-state index is 0.463. The number of hydrogen-bond acceptors (Lipinski definition) is 4. The topological polar surface area (TPSA) is 37.4 Å². The third kappa shape index (κ3) is 3.19. The van der Waals surface area contributed by atoms with E-state index in [9.17, 15) is 0 Å². The SMILES string of the molecule is COc1ccc2nc3cc(Cl)ccc3c(N[C@@H]3CCCN4CCCC[C@H]34)c2c1. The zero-order chi connectivity index (χ0) is 19.1. The second-order valence-corrected chi connectivity index (χ2v) is 8.46. The molecule has 0 bridgehead atoms. The van der Waals surface area contributed by atoms with Crippen LogP contribution in [0.15, 0.2) is 36.4 Å². The lowest BCUT2D eigenvalue weighted by molar-refractivity contribution is 0.0978. The summed E-state index contributed by atoms with van der Waals surface area (Å²) in [4.78, 5) is 7.55. The van der Waals surface area contributed by atoms with E-state index in [1.165, 1.54) is 45.2 Å². The summed E-state index contributed by atoms with van der Waals surface area (Å²) >= 11 is 6.27. The Morgan fingerprint density at radius 2 is 1.89 bits per heavy atom. The molecule has 0 spiro atoms. The number of aromatic nitrogens is 1. The predicted molar refractivity (Wildman–Crippen MR) is 117 cm³/mol. The van der Waals surface area contributed by atoms with Gasteiger partial charge < -0.3 is 10.1 Å². The summed E-state index contributed by atoms with van der Waals surface area (Å²) in [6.45, 7) is 2.48. The van der Waals surface area contributed by atoms with Crippen molar-refractivity contribution >= 4 is 39.1 Å². The van der Waals surface area contributed by atoms with Crippen molar-refractivity contribution in [1.29, 1.82) is 0 Å². The quantitative estimate of drug-likeness (QED) is 0.596. The molecule has 2 aliphatic rings. The fourth-order valence-electron chi connectivity index (χ4n) is 4.99. The first-order chi connectivity index (χ1) is 13.7. The Bertz CT molecular complexity index is 1020. The summed E-state index contributed by atoms with van der Waals surface area (Å²) < 4.78 is 5.50. The molecule has 1 aromatic heterocycles. The van der Waals surface area contributed by atoms with Crippen LogP contribution < -0.4 is 10.1 Å². The Labute approximate surface area is 170 Å². The van der Waals surface area contributed by atoms with Crippen molar-refractivity contribution in [2.24, 2.45) is 0 Å². The summed E-state index contributed by atoms with van der Waals surface area (Å²) in [7, 11) is 1.71. The lowest BCUT2D eigenvalue weighted by atomic mass is 9.88. The van der Waals surface area contributed by atoms with E-state index >= 15 is 0 Å². The summed E-state index contributed by atoms with van der Waals surface area (Å²) in [6.07, 6.45) is 6.42. The average Bonchev–Trinajstić information content (AvgIpc) is 2.73. The number of hydrogen-bond donors (Lipinski definition) is 1. The fourth-order valence-corrected chi connectivity index (χ4v) is 5.16. The Hall–Kier alpha value is -2.04. The van der Waals surface area contributed by atoms with Crippen LogP contribution in [-0.4, -0.2) is 42.2 Å². The van der Waals surface area contributed by atoms with Gasteiger partial charge in [0.05, 0.1) is 23.8 Å². The number of piperidine rings is 2. The molecule has 3 heterocycles. The van der Waals surface area contributed by atoms with E-state index in [2.05, 4.69) is 22.3 Å². The van der Waals surface area contributed by atoms with Gasteiger partial charge in [-0.15, -0.1) is 0 Å². The first kappa shape index (κ1) is 18.0. The lowest BCUT2D eigenvalue weighted by Crippen LogP contribution is -2.53. The molecule has 1 N–H and O–H groups in total. The number of nitrogens with one attached hydrogen (secondary N) is 1. The number of pyridine rings is 1. The van der Waals surface area contributed by atoms with Gasteiger partial charge >= 0.3 is 0 Å². The molecule has 0 aliphatic carbocycles. The van der Waals surface area contributed by atoms with E-state index in [0.717, 1.165) is 38.3 Å². The zero-order valence-electron chi connectivity index (χ0n) is 16.2. The molecular formula is C23H26ClN3O. The monoisotopic (exact) mass is 395 g/mol. The van der Waals surface area contributed by atoms with Crippen molar-refractivity contribution in [1.82, 2.24) is 9.88 Å². The summed E-state index contributed by atoms with van der Waals surface area (Å²) in [5.41, 5.74) is 3.06. The summed E-state index contributed by atoms with van der Waals surface area (Å²) in [5.74, 6) is 0.855. The van der Waals surface area contributed by atoms with Gasteiger partial charge in [-0.1, -0.05) is 18.0 Å². The molecule has 0 amide bonds. The number of nitrogens with zero attached hydrogens (tertiary/aromatic N) is 2. The first-order valence-corrected chi connectivity index (χ1v) is 10.7. The van der Waals surface area contributed by atoms with Gasteiger partial charge in [-0.3, -0.25) is 4.90 Å². The van der Waals surface area contributed by atoms with Crippen molar-refractivity contribution in [2.45, 2.75) is 44.2 Å². The molecule has 2 aliphatic heterocycles. The molecule has 2 aromatic carbocycles. The van der Waals surface area contributed by atoms with Gasteiger partial charge in [0.2, 0.25) is 0 Å². The molecule has 5 rings (SSSR count). The fraction of sp³-hybridized carbons (Fsp3) is 0.435. The summed E-state index contributed by atoms with van der Waals surface area (Å²) in [6, 6.07) is 13.2. The van der Waals surface area contributed by atoms with Gasteiger partial charge in [-0.05, 0) is 75.2 Å². The van der Waals surface area contributed by atoms with Gasteiger partial charge in [-0.2, -0.15) is 0 Å². The zero-order valence-corrected chi connectivity index (χ0v) is 17.0. The molecule has 146 valence electrons. The molecule has 4 nitrogen and oxygen atoms in total. The molecule has 0 radical (unpaired) electrons. The van der Waals surface area contributed by atoms with Crippen LogP contribution in [0, 0.1) is 0 Å². The summed E-state index contributed by atoms with van der Waals surface area (Å²) in [5, 5.41) is 6.91. The highest BCUT2D eigenvalue weighted by atomic mass is 35.5. The predicted octanol–water partition coefficient (Wildman–Crippen LogP) is 5.48. The highest BCUT2D eigenvalue weighted by Crippen LogP contribution is 2.37. The normalized spacial score (nSPS) is 22.9. The Morgan fingerprint density at radius 3 is 2.79 bits per heavy atom. The number of halogens is 1. The largest absolute Gasteiger partial charge is 0.497 e. The maximum atomic E-state index is 6.27. The average molecular weight is 396 g/mol. The second-order valence-electron chi connectivity index (χ2n) is 8.02. The minimum Gasteiger partial charge on any atom is -0.497 e. The number of fused-ring (bicyclic) bond motifs is 3. The van der Waals surface area contributed by atoms with E-state index in [4.69, 9.17) is 21.3 Å². The third-order valence-corrected chi connectivity index (χ3v) is 6.60. The maximum absolute atomic E-state index is 6.27. The Kier molecular flexibility index (Phi) is 4.77. The molecule has 0 unspecified atom stereocenters. The van der Waals surface area contributed by atoms with Crippen molar-refractivity contribution in [3.8, 4) is 5.75 Å². The van der Waals surface area contributed by atoms with Crippen LogP contribution in [0.4, 0.5) is 5.69 Å². The number of rotatable bonds is 3. The highest BCUT2D eigenvalue weighted by molar-refractivity contribution is 6.31. The number of methoxy groups -OCH3 is 1. The highest BCUT2D eigenvalue weighted by Gasteiger charge is 2.33. The second kappa shape index (κ2) is 7.41. The minimum atomic E-state index is 0.463. The van der Waals surface area contributed by atoms with Crippen LogP contribution in [0.5, 0.6) is 5.75 Å². The van der Waals surface area contributed by atoms with Crippen LogP contribution in [0.1, 0.15) is 32.1 Å². The molecular weight excluding hydrogens is 370 g/mol. The number of anilines is 1.